The van der Waals surface area contributed by atoms with Gasteiger partial charge in [0.2, 0.25) is 0 Å². The minimum atomic E-state index is 0.228. The summed E-state index contributed by atoms with van der Waals surface area (Å²) in [7, 11) is 0. The largest absolute Gasteiger partial charge is 0.306 e. The summed E-state index contributed by atoms with van der Waals surface area (Å²) >= 11 is 11.3. The fourth-order valence-electron chi connectivity index (χ4n) is 1.73. The summed E-state index contributed by atoms with van der Waals surface area (Å²) < 4.78 is 1.16. The quantitative estimate of drug-likeness (QED) is 0.844. The molecule has 1 atom stereocenters. The van der Waals surface area contributed by atoms with Crippen LogP contribution in [0.5, 0.6) is 0 Å². The first kappa shape index (κ1) is 13.1. The van der Waals surface area contributed by atoms with E-state index in [1.54, 1.807) is 11.3 Å². The first-order chi connectivity index (χ1) is 8.22. The Morgan fingerprint density at radius 1 is 1.29 bits per heavy atom. The van der Waals surface area contributed by atoms with E-state index in [0.717, 1.165) is 16.0 Å². The van der Waals surface area contributed by atoms with Gasteiger partial charge < -0.3 is 5.32 Å². The number of halogens is 2. The van der Waals surface area contributed by atoms with E-state index in [4.69, 9.17) is 11.6 Å². The minimum Gasteiger partial charge on any atom is -0.306 e. The van der Waals surface area contributed by atoms with Crippen LogP contribution in [-0.4, -0.2) is 6.54 Å². The molecular formula is C13H13BrClNS. The van der Waals surface area contributed by atoms with Gasteiger partial charge in [-0.1, -0.05) is 30.7 Å². The third kappa shape index (κ3) is 3.10. The molecule has 1 aromatic carbocycles. The van der Waals surface area contributed by atoms with Crippen LogP contribution in [0.2, 0.25) is 5.02 Å². The molecular weight excluding hydrogens is 318 g/mol. The third-order valence-corrected chi connectivity index (χ3v) is 4.71. The summed E-state index contributed by atoms with van der Waals surface area (Å²) in [6, 6.07) is 10.3. The molecule has 2 aromatic rings. The van der Waals surface area contributed by atoms with Gasteiger partial charge in [0.15, 0.2) is 0 Å². The Morgan fingerprint density at radius 3 is 2.53 bits per heavy atom. The van der Waals surface area contributed by atoms with Crippen LogP contribution >= 0.6 is 38.9 Å². The van der Waals surface area contributed by atoms with Crippen molar-refractivity contribution in [3.63, 3.8) is 0 Å². The van der Waals surface area contributed by atoms with Crippen LogP contribution in [0.3, 0.4) is 0 Å². The summed E-state index contributed by atoms with van der Waals surface area (Å²) in [5.74, 6) is 0. The second-order valence-electron chi connectivity index (χ2n) is 3.68. The second kappa shape index (κ2) is 6.01. The van der Waals surface area contributed by atoms with Gasteiger partial charge in [0, 0.05) is 14.4 Å². The zero-order chi connectivity index (χ0) is 12.3. The van der Waals surface area contributed by atoms with Gasteiger partial charge in [-0.2, -0.15) is 0 Å². The lowest BCUT2D eigenvalue weighted by molar-refractivity contribution is 0.638. The monoisotopic (exact) mass is 329 g/mol. The average molecular weight is 331 g/mol. The Balaban J connectivity index is 2.35. The first-order valence-electron chi connectivity index (χ1n) is 5.44. The zero-order valence-electron chi connectivity index (χ0n) is 9.41. The van der Waals surface area contributed by atoms with Crippen molar-refractivity contribution >= 4 is 38.9 Å². The molecule has 1 heterocycles. The van der Waals surface area contributed by atoms with Gasteiger partial charge in [0.25, 0.3) is 0 Å². The van der Waals surface area contributed by atoms with Gasteiger partial charge in [0.1, 0.15) is 0 Å². The minimum absolute atomic E-state index is 0.228. The number of thiophene rings is 1. The molecule has 0 saturated carbocycles. The lowest BCUT2D eigenvalue weighted by Gasteiger charge is -2.17. The highest BCUT2D eigenvalue weighted by Crippen LogP contribution is 2.33. The molecule has 17 heavy (non-hydrogen) atoms. The average Bonchev–Trinajstić information content (AvgIpc) is 2.74. The molecule has 0 aliphatic heterocycles. The highest BCUT2D eigenvalue weighted by atomic mass is 79.9. The zero-order valence-corrected chi connectivity index (χ0v) is 12.6. The van der Waals surface area contributed by atoms with E-state index in [1.807, 2.05) is 12.1 Å². The molecule has 4 heteroatoms. The molecule has 0 radical (unpaired) electrons. The molecule has 0 bridgehead atoms. The summed E-state index contributed by atoms with van der Waals surface area (Å²) in [6.45, 7) is 3.04. The Hall–Kier alpha value is -0.350. The number of hydrogen-bond acceptors (Lipinski definition) is 2. The van der Waals surface area contributed by atoms with Crippen molar-refractivity contribution < 1.29 is 0 Å². The number of hydrogen-bond donors (Lipinski definition) is 1. The molecule has 1 unspecified atom stereocenters. The van der Waals surface area contributed by atoms with Crippen molar-refractivity contribution in [2.75, 3.05) is 6.54 Å². The van der Waals surface area contributed by atoms with Crippen molar-refractivity contribution in [3.05, 3.63) is 55.6 Å². The standard InChI is InChI=1S/C13H13BrClNS/c1-2-16-12(13-11(14)7-8-17-13)9-3-5-10(15)6-4-9/h3-8,12,16H,2H2,1H3. The van der Waals surface area contributed by atoms with Crippen LogP contribution in [0.25, 0.3) is 0 Å². The molecule has 2 rings (SSSR count). The molecule has 0 amide bonds. The van der Waals surface area contributed by atoms with E-state index in [1.165, 1.54) is 10.4 Å². The Morgan fingerprint density at radius 2 is 2.00 bits per heavy atom. The van der Waals surface area contributed by atoms with Gasteiger partial charge in [-0.05, 0) is 51.6 Å². The predicted octanol–water partition coefficient (Wildman–Crippen LogP) is 4.86. The molecule has 0 fully saturated rings. The fraction of sp³-hybridized carbons (Fsp3) is 0.231. The van der Waals surface area contributed by atoms with Crippen molar-refractivity contribution in [2.45, 2.75) is 13.0 Å². The summed E-state index contributed by atoms with van der Waals surface area (Å²) in [4.78, 5) is 1.30. The lowest BCUT2D eigenvalue weighted by Crippen LogP contribution is -2.21. The molecule has 0 spiro atoms. The second-order valence-corrected chi connectivity index (χ2v) is 5.91. The van der Waals surface area contributed by atoms with E-state index in [2.05, 4.69) is 51.7 Å². The van der Waals surface area contributed by atoms with E-state index in [0.29, 0.717) is 0 Å². The van der Waals surface area contributed by atoms with Gasteiger partial charge >= 0.3 is 0 Å². The van der Waals surface area contributed by atoms with Crippen molar-refractivity contribution in [1.29, 1.82) is 0 Å². The van der Waals surface area contributed by atoms with E-state index in [9.17, 15) is 0 Å². The Kier molecular flexibility index (Phi) is 4.62. The molecule has 1 aromatic heterocycles. The van der Waals surface area contributed by atoms with E-state index >= 15 is 0 Å². The summed E-state index contributed by atoms with van der Waals surface area (Å²) in [5, 5.41) is 6.37. The third-order valence-electron chi connectivity index (χ3n) is 2.52. The van der Waals surface area contributed by atoms with Crippen molar-refractivity contribution in [1.82, 2.24) is 5.32 Å². The Bertz CT molecular complexity index is 480. The van der Waals surface area contributed by atoms with Crippen molar-refractivity contribution in [2.24, 2.45) is 0 Å². The topological polar surface area (TPSA) is 12.0 Å². The van der Waals surface area contributed by atoms with Crippen molar-refractivity contribution in [3.8, 4) is 0 Å². The van der Waals surface area contributed by atoms with Crippen LogP contribution in [-0.2, 0) is 0 Å². The predicted molar refractivity (Wildman–Crippen MR) is 79.0 cm³/mol. The van der Waals surface area contributed by atoms with Gasteiger partial charge in [-0.25, -0.2) is 0 Å². The first-order valence-corrected chi connectivity index (χ1v) is 7.49. The fourth-order valence-corrected chi connectivity index (χ4v) is 3.56. The van der Waals surface area contributed by atoms with Crippen LogP contribution in [0.4, 0.5) is 0 Å². The van der Waals surface area contributed by atoms with E-state index < -0.39 is 0 Å². The number of rotatable bonds is 4. The van der Waals surface area contributed by atoms with E-state index in [-0.39, 0.29) is 6.04 Å². The maximum atomic E-state index is 5.92. The maximum absolute atomic E-state index is 5.92. The molecule has 1 N–H and O–H groups in total. The van der Waals surface area contributed by atoms with Crippen LogP contribution < -0.4 is 5.32 Å². The highest BCUT2D eigenvalue weighted by molar-refractivity contribution is 9.10. The molecule has 0 aliphatic rings. The van der Waals surface area contributed by atoms with Gasteiger partial charge in [0.05, 0.1) is 6.04 Å². The number of nitrogens with one attached hydrogen (secondary N) is 1. The molecule has 90 valence electrons. The van der Waals surface area contributed by atoms with Gasteiger partial charge in [-0.15, -0.1) is 11.3 Å². The smallest absolute Gasteiger partial charge is 0.0682 e. The maximum Gasteiger partial charge on any atom is 0.0682 e. The van der Waals surface area contributed by atoms with Crippen LogP contribution in [0.1, 0.15) is 23.4 Å². The molecule has 1 nitrogen and oxygen atoms in total. The van der Waals surface area contributed by atoms with Gasteiger partial charge in [-0.3, -0.25) is 0 Å². The molecule has 0 aliphatic carbocycles. The van der Waals surface area contributed by atoms with Crippen LogP contribution in [0.15, 0.2) is 40.2 Å². The summed E-state index contributed by atoms with van der Waals surface area (Å²) in [6.07, 6.45) is 0. The normalized spacial score (nSPS) is 12.6. The van der Waals surface area contributed by atoms with Crippen LogP contribution in [0, 0.1) is 0 Å². The highest BCUT2D eigenvalue weighted by Gasteiger charge is 2.16. The Labute approximate surface area is 119 Å². The number of benzene rings is 1. The lowest BCUT2D eigenvalue weighted by atomic mass is 10.1. The summed E-state index contributed by atoms with van der Waals surface area (Å²) in [5.41, 5.74) is 1.24. The molecule has 0 saturated heterocycles. The SMILES string of the molecule is CCNC(c1ccc(Cl)cc1)c1sccc1Br.